The standard InChI is InChI=1S/C54H84F45N11O12Si8/c1-25-9-11-31(104-19-34(40(61,62)63)105-16-28(4)102-15-27(3)100-13-25)24-125(49(82,83)84)117-124(8,48(79,80)81)119-127(113,51(88,89)90)45(73,74)44(71,72)126(112,50(85,86)87)118-123(7,42(67,68)36-21-108-35(41(64,65)66)20-107-33(39(58,59)60)18-103-29(5)17-106-36)120-130(54(97,98)99,122-129(115,53(94,95)96)47(77,78)46(75,76)128(114,121-125)52(91,92)93)43(69,70)37-22-109-32(38(55,56)57)12-10-26(2)14-101-30(6)23-110(37)116-111/h25-37,100-109,111-115H,9-24H2,1-8H3. The first kappa shape index (κ1) is 120. The van der Waals surface area contributed by atoms with Crippen LogP contribution < -0.4 is 53.2 Å². The zero-order chi connectivity index (χ0) is 102. The van der Waals surface area contributed by atoms with Crippen molar-refractivity contribution in [1.29, 1.82) is 0 Å². The van der Waals surface area contributed by atoms with Gasteiger partial charge in [0.25, 0.3) is 0 Å². The summed E-state index contributed by atoms with van der Waals surface area (Å²) in [5.74, 6) is -66.7. The molecule has 0 saturated carbocycles. The third kappa shape index (κ3) is 25.0. The van der Waals surface area contributed by atoms with E-state index in [1.54, 1.807) is 10.6 Å². The number of nitrogens with zero attached hydrogens (tertiary/aromatic N) is 1. The average molecular weight is 2160 g/mol. The van der Waals surface area contributed by atoms with Crippen LogP contribution in [0.1, 0.15) is 67.2 Å². The Morgan fingerprint density at radius 1 is 0.308 bits per heavy atom. The molecule has 0 radical (unpaired) electrons. The second kappa shape index (κ2) is 40.3. The molecule has 4 heterocycles. The van der Waals surface area contributed by atoms with E-state index in [4.69, 9.17) is 0 Å². The van der Waals surface area contributed by atoms with Crippen LogP contribution in [0.3, 0.4) is 0 Å². The lowest BCUT2D eigenvalue weighted by Crippen LogP contribution is -2.90. The number of hydroxylamine groups is 2. The minimum absolute atomic E-state index is 0.257. The number of nitrogens with one attached hydrogen (secondary N) is 10. The lowest BCUT2D eigenvalue weighted by Gasteiger charge is -2.54. The molecule has 21 unspecified atom stereocenters. The Morgan fingerprint density at radius 3 is 0.985 bits per heavy atom. The second-order valence-electron chi connectivity index (χ2n) is 31.6. The Labute approximate surface area is 711 Å². The third-order valence-electron chi connectivity index (χ3n) is 20.9. The number of hydrogen-bond acceptors (Lipinski definition) is 23. The monoisotopic (exact) mass is 2160 g/mol. The fraction of sp³-hybridized carbons (Fsp3) is 1.00. The summed E-state index contributed by atoms with van der Waals surface area (Å²) >= 11 is 0. The first-order valence-corrected chi connectivity index (χ1v) is 52.9. The molecule has 15 N–H and O–H groups in total. The van der Waals surface area contributed by atoms with Gasteiger partial charge in [-0.2, -0.15) is 180 Å². The highest BCUT2D eigenvalue weighted by molar-refractivity contribution is 6.95. The molecule has 4 aliphatic rings. The lowest BCUT2D eigenvalue weighted by molar-refractivity contribution is -0.419. The molecule has 0 aromatic carbocycles. The SMILES string of the molecule is CC1CCC(C[Si]2(C(F)(F)F)O[Si](C)(C(F)(F)F)O[Si](O)(C(F)(F)F)C(F)(F)C(F)(F)[Si](O)(C(F)(F)F)O[Si](C)(C(F)(F)C3CNC(C(F)(F)F)CNC(C(F)(F)F)CNC(C)CN3)O[Si](C(F)(F)F)(C(F)(F)C3CNC(C(F)(F)F)CCC(C)CNC(C)CN3OO)O[Si](O)(C(F)(F)F)C(F)(F)C(F)(F)[Si](O)(C(F)(F)F)O2)NCC(C(F)(F)F)NCC(C)NCC(C)NC1. The van der Waals surface area contributed by atoms with E-state index in [1.807, 2.05) is 5.32 Å². The van der Waals surface area contributed by atoms with Gasteiger partial charge < -0.3 is 97.0 Å². The van der Waals surface area contributed by atoms with Crippen molar-refractivity contribution in [3.05, 3.63) is 0 Å². The summed E-state index contributed by atoms with van der Waals surface area (Å²) in [4.78, 5) is 49.2. The van der Waals surface area contributed by atoms with E-state index in [2.05, 4.69) is 40.3 Å². The van der Waals surface area contributed by atoms with E-state index in [1.165, 1.54) is 12.2 Å². The number of rotatable bonds is 7. The van der Waals surface area contributed by atoms with Gasteiger partial charge in [-0.1, -0.05) is 13.8 Å². The smallest absolute Gasteiger partial charge is 0.404 e. The van der Waals surface area contributed by atoms with E-state index in [9.17, 15) is 64.0 Å². The average Bonchev–Trinajstić information content (AvgIpc) is 0.675. The summed E-state index contributed by atoms with van der Waals surface area (Å²) in [7, 11) is -93.6. The summed E-state index contributed by atoms with van der Waals surface area (Å²) in [6.45, 7) is -21.5. The summed E-state index contributed by atoms with van der Waals surface area (Å²) in [6.07, 6.45) is -31.0. The van der Waals surface area contributed by atoms with Gasteiger partial charge in [-0.25, -0.2) is 22.8 Å². The molecule has 76 heteroatoms. The van der Waals surface area contributed by atoms with Crippen LogP contribution in [0.2, 0.25) is 19.1 Å². The van der Waals surface area contributed by atoms with Crippen LogP contribution in [0.5, 0.6) is 0 Å². The molecule has 0 amide bonds. The maximum absolute atomic E-state index is 19.3. The molecule has 0 spiro atoms. The number of halogens is 45. The molecule has 21 atom stereocenters. The van der Waals surface area contributed by atoms with Crippen molar-refractivity contribution in [3.63, 3.8) is 0 Å². The Morgan fingerprint density at radius 2 is 0.615 bits per heavy atom. The largest absolute Gasteiger partial charge is 0.527 e. The van der Waals surface area contributed by atoms with Crippen LogP contribution in [0, 0.1) is 11.8 Å². The summed E-state index contributed by atoms with van der Waals surface area (Å²) in [5.41, 5.74) is -57.0. The van der Waals surface area contributed by atoms with Gasteiger partial charge in [0.1, 0.15) is 30.2 Å². The quantitative estimate of drug-likeness (QED) is 0.0488. The normalized spacial score (nSPS) is 38.0. The van der Waals surface area contributed by atoms with Gasteiger partial charge in [-0.05, 0) is 91.4 Å². The van der Waals surface area contributed by atoms with E-state index in [0.29, 0.717) is 17.6 Å². The maximum atomic E-state index is 19.3. The molecule has 774 valence electrons. The van der Waals surface area contributed by atoms with E-state index < -0.39 is 361 Å². The van der Waals surface area contributed by atoms with Crippen molar-refractivity contribution in [2.45, 2.75) is 251 Å². The van der Waals surface area contributed by atoms with Gasteiger partial charge in [-0.3, -0.25) is 0 Å². The highest BCUT2D eigenvalue weighted by atomic mass is 28.5. The predicted molar refractivity (Wildman–Crippen MR) is 366 cm³/mol. The number of alkyl halides is 45. The second-order valence-corrected chi connectivity index (χ2v) is 56.4. The van der Waals surface area contributed by atoms with Crippen molar-refractivity contribution in [1.82, 2.24) is 58.2 Å². The molecule has 4 saturated heterocycles. The topological polar surface area (TPSA) is 289 Å². The molecule has 0 aliphatic carbocycles. The highest BCUT2D eigenvalue weighted by Crippen LogP contribution is 2.63. The van der Waals surface area contributed by atoms with Gasteiger partial charge in [0.15, 0.2) is 0 Å². The van der Waals surface area contributed by atoms with Crippen LogP contribution >= 0.6 is 0 Å². The van der Waals surface area contributed by atoms with E-state index in [-0.39, 0.29) is 13.5 Å². The zero-order valence-corrected chi connectivity index (χ0v) is 74.9. The van der Waals surface area contributed by atoms with Crippen molar-refractivity contribution >= 4 is 68.5 Å². The molecule has 130 heavy (non-hydrogen) atoms. The lowest BCUT2D eigenvalue weighted by atomic mass is 10.00. The van der Waals surface area contributed by atoms with Gasteiger partial charge in [0.05, 0.1) is 6.04 Å². The first-order valence-electron chi connectivity index (χ1n) is 37.0. The molecular weight excluding hydrogens is 2070 g/mol. The molecule has 4 aliphatic heterocycles. The maximum Gasteiger partial charge on any atom is 0.527 e. The summed E-state index contributed by atoms with van der Waals surface area (Å²) in [6, 6.07) is -41.1. The Kier molecular flexibility index (Phi) is 37.2. The van der Waals surface area contributed by atoms with Crippen LogP contribution in [0.4, 0.5) is 198 Å². The predicted octanol–water partition coefficient (Wildman–Crippen LogP) is 10.5. The minimum Gasteiger partial charge on any atom is -0.404 e. The fourth-order valence-corrected chi connectivity index (χ4v) is 45.8. The molecule has 23 nitrogen and oxygen atoms in total. The molecule has 4 fully saturated rings. The third-order valence-corrected chi connectivity index (χ3v) is 51.5. The molecule has 4 rings (SSSR count). The van der Waals surface area contributed by atoms with E-state index >= 15 is 158 Å². The van der Waals surface area contributed by atoms with Crippen LogP contribution in [-0.2, 0) is 29.7 Å². The zero-order valence-electron chi connectivity index (χ0n) is 66.9. The summed E-state index contributed by atoms with van der Waals surface area (Å²) in [5, 5.41) is 23.1. The van der Waals surface area contributed by atoms with Gasteiger partial charge >= 0.3 is 167 Å². The molecule has 0 aromatic heterocycles. The van der Waals surface area contributed by atoms with Gasteiger partial charge in [0, 0.05) is 95.2 Å². The van der Waals surface area contributed by atoms with Crippen LogP contribution in [0.25, 0.3) is 0 Å². The Bertz CT molecular complexity index is 3640. The Balaban J connectivity index is 2.74. The van der Waals surface area contributed by atoms with Crippen molar-refractivity contribution < 1.29 is 252 Å². The first-order chi connectivity index (χ1) is 57.5. The highest BCUT2D eigenvalue weighted by Gasteiger charge is 3.01. The van der Waals surface area contributed by atoms with Crippen LogP contribution in [0.15, 0.2) is 0 Å². The minimum atomic E-state index is -12.6. The van der Waals surface area contributed by atoms with Crippen molar-refractivity contribution in [2.75, 3.05) is 72.0 Å². The van der Waals surface area contributed by atoms with Gasteiger partial charge in [-0.15, -0.1) is 10.1 Å². The Hall–Kier alpha value is -2.33. The number of hydrogen-bond donors (Lipinski definition) is 15. The van der Waals surface area contributed by atoms with Crippen molar-refractivity contribution in [2.24, 2.45) is 11.8 Å². The molecular formula is C54H84F45N11O12Si8. The van der Waals surface area contributed by atoms with Gasteiger partial charge in [0.2, 0.25) is 0 Å². The summed E-state index contributed by atoms with van der Waals surface area (Å²) < 4.78 is 764. The fourth-order valence-electron chi connectivity index (χ4n) is 13.0. The molecule has 0 bridgehead atoms. The van der Waals surface area contributed by atoms with Crippen LogP contribution in [-0.4, -0.2) is 335 Å². The van der Waals surface area contributed by atoms with E-state index in [0.717, 1.165) is 31.4 Å². The molecule has 0 aromatic rings. The van der Waals surface area contributed by atoms with Crippen molar-refractivity contribution in [3.8, 4) is 0 Å².